The second kappa shape index (κ2) is 7.16. The molecule has 1 saturated heterocycles. The number of imidazole rings is 1. The van der Waals surface area contributed by atoms with Gasteiger partial charge in [0.2, 0.25) is 5.95 Å². The number of H-pyrrole nitrogens is 1. The quantitative estimate of drug-likeness (QED) is 0.352. The van der Waals surface area contributed by atoms with Gasteiger partial charge in [0.05, 0.1) is 17.6 Å². The van der Waals surface area contributed by atoms with Crippen LogP contribution in [0.1, 0.15) is 11.8 Å². The van der Waals surface area contributed by atoms with Crippen LogP contribution in [0.5, 0.6) is 0 Å². The molecule has 29 heavy (non-hydrogen) atoms. The molecule has 1 fully saturated rings. The number of rotatable bonds is 5. The van der Waals surface area contributed by atoms with Gasteiger partial charge in [-0.1, -0.05) is 18.2 Å². The molecular formula is C21H22N4O4. The van der Waals surface area contributed by atoms with E-state index < -0.39 is 24.5 Å². The summed E-state index contributed by atoms with van der Waals surface area (Å²) >= 11 is 0. The van der Waals surface area contributed by atoms with Crippen LogP contribution in [0.15, 0.2) is 54.7 Å². The maximum atomic E-state index is 10.5. The van der Waals surface area contributed by atoms with Gasteiger partial charge in [0.1, 0.15) is 18.3 Å². The minimum atomic E-state index is -1.18. The first-order valence-corrected chi connectivity index (χ1v) is 9.55. The lowest BCUT2D eigenvalue weighted by Crippen LogP contribution is -2.33. The highest BCUT2D eigenvalue weighted by Gasteiger charge is 2.44. The summed E-state index contributed by atoms with van der Waals surface area (Å²) in [6.45, 7) is 0.153. The topological polar surface area (TPSA) is 116 Å². The monoisotopic (exact) mass is 394 g/mol. The number of ether oxygens (including phenoxy) is 1. The Balaban J connectivity index is 1.49. The zero-order valence-corrected chi connectivity index (χ0v) is 15.6. The first-order chi connectivity index (χ1) is 14.2. The van der Waals surface area contributed by atoms with Gasteiger partial charge < -0.3 is 30.4 Å². The van der Waals surface area contributed by atoms with Gasteiger partial charge in [-0.2, -0.15) is 0 Å². The number of aliphatic hydroxyl groups is 3. The molecule has 0 radical (unpaired) electrons. The molecule has 4 aromatic rings. The number of aromatic amines is 1. The summed E-state index contributed by atoms with van der Waals surface area (Å²) in [5.74, 6) is 0.523. The number of fused-ring (bicyclic) bond motifs is 2. The number of aliphatic hydroxyl groups excluding tert-OH is 3. The lowest BCUT2D eigenvalue weighted by molar-refractivity contribution is -0.0499. The standard InChI is InChI=1S/C21H22N4O4/c26-11-17-18(27)19(28)20(29-17)25-16-4-2-1-3-15(16)24-21(25)23-10-12-5-6-14-13(9-12)7-8-22-14/h1-9,17-20,22,26-28H,10-11H2,(H,23,24)/t17-,18-,19-,20-/m1/s1. The van der Waals surface area contributed by atoms with Crippen molar-refractivity contribution in [2.45, 2.75) is 31.1 Å². The second-order valence-electron chi connectivity index (χ2n) is 7.28. The molecule has 150 valence electrons. The molecule has 0 aliphatic carbocycles. The van der Waals surface area contributed by atoms with Crippen molar-refractivity contribution in [1.82, 2.24) is 14.5 Å². The normalized spacial score (nSPS) is 24.5. The van der Waals surface area contributed by atoms with Crippen molar-refractivity contribution in [2.24, 2.45) is 0 Å². The Labute approximate surface area is 166 Å². The van der Waals surface area contributed by atoms with E-state index in [4.69, 9.17) is 4.74 Å². The van der Waals surface area contributed by atoms with Crippen LogP contribution >= 0.6 is 0 Å². The molecule has 2 aromatic carbocycles. The van der Waals surface area contributed by atoms with E-state index in [1.807, 2.05) is 48.7 Å². The smallest absolute Gasteiger partial charge is 0.206 e. The summed E-state index contributed by atoms with van der Waals surface area (Å²) in [6, 6.07) is 15.7. The van der Waals surface area contributed by atoms with E-state index in [2.05, 4.69) is 21.4 Å². The Morgan fingerprint density at radius 2 is 1.97 bits per heavy atom. The number of aromatic nitrogens is 3. The molecule has 4 atom stereocenters. The predicted octanol–water partition coefficient (Wildman–Crippen LogP) is 1.74. The minimum absolute atomic E-state index is 0.374. The van der Waals surface area contributed by atoms with Crippen LogP contribution in [0.3, 0.4) is 0 Å². The highest BCUT2D eigenvalue weighted by atomic mass is 16.6. The van der Waals surface area contributed by atoms with Crippen molar-refractivity contribution in [1.29, 1.82) is 0 Å². The van der Waals surface area contributed by atoms with Gasteiger partial charge in [0.25, 0.3) is 0 Å². The van der Waals surface area contributed by atoms with Gasteiger partial charge in [0, 0.05) is 18.3 Å². The van der Waals surface area contributed by atoms with E-state index in [-0.39, 0.29) is 6.61 Å². The van der Waals surface area contributed by atoms with E-state index in [9.17, 15) is 15.3 Å². The molecule has 0 unspecified atom stereocenters. The molecule has 8 nitrogen and oxygen atoms in total. The third kappa shape index (κ3) is 3.06. The molecule has 5 N–H and O–H groups in total. The van der Waals surface area contributed by atoms with Crippen LogP contribution in [-0.2, 0) is 11.3 Å². The second-order valence-corrected chi connectivity index (χ2v) is 7.28. The third-order valence-corrected chi connectivity index (χ3v) is 5.44. The third-order valence-electron chi connectivity index (χ3n) is 5.44. The summed E-state index contributed by atoms with van der Waals surface area (Å²) in [4.78, 5) is 7.82. The van der Waals surface area contributed by atoms with Crippen molar-refractivity contribution in [3.63, 3.8) is 0 Å². The number of anilines is 1. The van der Waals surface area contributed by atoms with E-state index in [0.717, 1.165) is 27.5 Å². The highest BCUT2D eigenvalue weighted by molar-refractivity contribution is 5.80. The Morgan fingerprint density at radius 3 is 2.79 bits per heavy atom. The Bertz CT molecular complexity index is 1150. The Hall–Kier alpha value is -2.91. The molecule has 0 spiro atoms. The fourth-order valence-corrected chi connectivity index (χ4v) is 3.91. The van der Waals surface area contributed by atoms with Crippen LogP contribution in [0.4, 0.5) is 5.95 Å². The number of benzene rings is 2. The van der Waals surface area contributed by atoms with E-state index in [1.54, 1.807) is 4.57 Å². The van der Waals surface area contributed by atoms with Gasteiger partial charge >= 0.3 is 0 Å². The largest absolute Gasteiger partial charge is 0.394 e. The number of hydrogen-bond acceptors (Lipinski definition) is 6. The van der Waals surface area contributed by atoms with E-state index in [1.165, 1.54) is 0 Å². The zero-order valence-electron chi connectivity index (χ0n) is 15.6. The number of nitrogens with zero attached hydrogens (tertiary/aromatic N) is 2. The summed E-state index contributed by atoms with van der Waals surface area (Å²) < 4.78 is 7.50. The zero-order chi connectivity index (χ0) is 20.0. The average molecular weight is 394 g/mol. The number of hydrogen-bond donors (Lipinski definition) is 5. The fraction of sp³-hybridized carbons (Fsp3) is 0.286. The van der Waals surface area contributed by atoms with Gasteiger partial charge in [-0.15, -0.1) is 0 Å². The van der Waals surface area contributed by atoms with Crippen molar-refractivity contribution in [2.75, 3.05) is 11.9 Å². The first kappa shape index (κ1) is 18.1. The van der Waals surface area contributed by atoms with Crippen molar-refractivity contribution >= 4 is 27.9 Å². The maximum absolute atomic E-state index is 10.5. The molecular weight excluding hydrogens is 372 g/mol. The summed E-state index contributed by atoms with van der Waals surface area (Å²) in [5, 5.41) is 34.6. The lowest BCUT2D eigenvalue weighted by Gasteiger charge is -2.20. The fourth-order valence-electron chi connectivity index (χ4n) is 3.91. The molecule has 2 aromatic heterocycles. The average Bonchev–Trinajstić information content (AvgIpc) is 3.42. The molecule has 8 heteroatoms. The van der Waals surface area contributed by atoms with E-state index in [0.29, 0.717) is 12.5 Å². The van der Waals surface area contributed by atoms with Crippen molar-refractivity contribution in [3.8, 4) is 0 Å². The molecule has 1 aliphatic heterocycles. The van der Waals surface area contributed by atoms with Crippen LogP contribution in [-0.4, -0.2) is 54.8 Å². The van der Waals surface area contributed by atoms with Crippen LogP contribution in [0, 0.1) is 0 Å². The molecule has 1 aliphatic rings. The molecule has 3 heterocycles. The Morgan fingerprint density at radius 1 is 1.10 bits per heavy atom. The Kier molecular flexibility index (Phi) is 4.48. The maximum Gasteiger partial charge on any atom is 0.206 e. The summed E-state index contributed by atoms with van der Waals surface area (Å²) in [7, 11) is 0. The van der Waals surface area contributed by atoms with Crippen LogP contribution < -0.4 is 5.32 Å². The van der Waals surface area contributed by atoms with Crippen LogP contribution in [0.2, 0.25) is 0 Å². The van der Waals surface area contributed by atoms with E-state index >= 15 is 0 Å². The highest BCUT2D eigenvalue weighted by Crippen LogP contribution is 2.35. The number of para-hydroxylation sites is 2. The van der Waals surface area contributed by atoms with Gasteiger partial charge in [0.15, 0.2) is 6.23 Å². The summed E-state index contributed by atoms with van der Waals surface area (Å²) in [6.07, 6.45) is -2.15. The lowest BCUT2D eigenvalue weighted by atomic mass is 10.1. The van der Waals surface area contributed by atoms with Gasteiger partial charge in [-0.3, -0.25) is 4.57 Å². The minimum Gasteiger partial charge on any atom is -0.394 e. The molecule has 0 amide bonds. The van der Waals surface area contributed by atoms with Crippen molar-refractivity contribution < 1.29 is 20.1 Å². The SMILES string of the molecule is OC[C@H]1O[C@@H](n2c(NCc3ccc4[nH]ccc4c3)nc3ccccc32)[C@H](O)[C@@H]1O. The predicted molar refractivity (Wildman–Crippen MR) is 108 cm³/mol. The first-order valence-electron chi connectivity index (χ1n) is 9.55. The summed E-state index contributed by atoms with van der Waals surface area (Å²) in [5.41, 5.74) is 3.67. The van der Waals surface area contributed by atoms with Crippen molar-refractivity contribution in [3.05, 3.63) is 60.3 Å². The molecule has 5 rings (SSSR count). The van der Waals surface area contributed by atoms with Gasteiger partial charge in [-0.05, 0) is 41.3 Å². The molecule has 0 saturated carbocycles. The molecule has 0 bridgehead atoms. The van der Waals surface area contributed by atoms with Gasteiger partial charge in [-0.25, -0.2) is 4.98 Å². The number of nitrogens with one attached hydrogen (secondary N) is 2. The van der Waals surface area contributed by atoms with Crippen LogP contribution in [0.25, 0.3) is 21.9 Å².